The highest BCUT2D eigenvalue weighted by Crippen LogP contribution is 2.42. The van der Waals surface area contributed by atoms with Crippen molar-refractivity contribution in [1.82, 2.24) is 0 Å². The van der Waals surface area contributed by atoms with Gasteiger partial charge in [-0.2, -0.15) is 0 Å². The fraction of sp³-hybridized carbons (Fsp3) is 0.773. The zero-order valence-corrected chi connectivity index (χ0v) is 18.0. The molecule has 0 unspecified atom stereocenters. The molecule has 0 radical (unpaired) electrons. The van der Waals surface area contributed by atoms with Crippen LogP contribution in [0.1, 0.15) is 73.6 Å². The van der Waals surface area contributed by atoms with E-state index in [9.17, 15) is 19.8 Å². The topological polar surface area (TPSA) is 87.0 Å². The maximum atomic E-state index is 13.2. The summed E-state index contributed by atoms with van der Waals surface area (Å²) in [7, 11) is 1.58. The summed E-state index contributed by atoms with van der Waals surface area (Å²) in [6, 6.07) is 0. The Hall–Kier alpha value is -1.49. The Morgan fingerprint density at radius 2 is 1.63 bits per heavy atom. The number of aliphatic imine (C=N–C) groups is 1. The van der Waals surface area contributed by atoms with Gasteiger partial charge in [-0.1, -0.05) is 48.0 Å². The molecule has 2 atom stereocenters. The maximum Gasteiger partial charge on any atom is 0.190 e. The summed E-state index contributed by atoms with van der Waals surface area (Å²) >= 11 is 0. The summed E-state index contributed by atoms with van der Waals surface area (Å²) < 4.78 is 0. The van der Waals surface area contributed by atoms with Gasteiger partial charge < -0.3 is 10.2 Å². The fourth-order valence-corrected chi connectivity index (χ4v) is 3.58. The average Bonchev–Trinajstić information content (AvgIpc) is 2.76. The van der Waals surface area contributed by atoms with Crippen LogP contribution in [0.4, 0.5) is 0 Å². The quantitative estimate of drug-likeness (QED) is 0.554. The third kappa shape index (κ3) is 5.28. The normalized spacial score (nSPS) is 24.0. The first-order valence-corrected chi connectivity index (χ1v) is 10.2. The monoisotopic (exact) mass is 379 g/mol. The number of hydrogen-bond acceptors (Lipinski definition) is 5. The van der Waals surface area contributed by atoms with Crippen molar-refractivity contribution in [2.75, 3.05) is 7.05 Å². The Morgan fingerprint density at radius 3 is 2.07 bits per heavy atom. The summed E-state index contributed by atoms with van der Waals surface area (Å²) in [6.07, 6.45) is 2.32. The third-order valence-corrected chi connectivity index (χ3v) is 5.23. The van der Waals surface area contributed by atoms with E-state index in [4.69, 9.17) is 0 Å². The number of carbonyl (C=O) groups excluding carboxylic acids is 2. The smallest absolute Gasteiger partial charge is 0.190 e. The van der Waals surface area contributed by atoms with Gasteiger partial charge in [0.25, 0.3) is 0 Å². The van der Waals surface area contributed by atoms with Crippen LogP contribution in [-0.2, 0) is 9.59 Å². The summed E-state index contributed by atoms with van der Waals surface area (Å²) in [4.78, 5) is 30.3. The Kier molecular flexibility index (Phi) is 8.40. The lowest BCUT2D eigenvalue weighted by Gasteiger charge is -2.28. The van der Waals surface area contributed by atoms with Crippen LogP contribution < -0.4 is 0 Å². The lowest BCUT2D eigenvalue weighted by molar-refractivity contribution is -0.145. The van der Waals surface area contributed by atoms with Gasteiger partial charge in [-0.25, -0.2) is 0 Å². The molecule has 27 heavy (non-hydrogen) atoms. The largest absolute Gasteiger partial charge is 0.508 e. The Bertz CT molecular complexity index is 616. The number of aliphatic hydroxyl groups is 2. The van der Waals surface area contributed by atoms with Gasteiger partial charge in [0.05, 0.1) is 11.5 Å². The molecule has 0 aromatic rings. The van der Waals surface area contributed by atoms with Crippen LogP contribution in [0.25, 0.3) is 0 Å². The van der Waals surface area contributed by atoms with Gasteiger partial charge in [0.1, 0.15) is 5.76 Å². The van der Waals surface area contributed by atoms with E-state index in [1.165, 1.54) is 0 Å². The first kappa shape index (κ1) is 23.5. The molecular weight excluding hydrogens is 342 g/mol. The van der Waals surface area contributed by atoms with Crippen molar-refractivity contribution in [3.8, 4) is 0 Å². The molecule has 0 aromatic heterocycles. The minimum Gasteiger partial charge on any atom is -0.508 e. The summed E-state index contributed by atoms with van der Waals surface area (Å²) in [5.41, 5.74) is -1.60. The second-order valence-electron chi connectivity index (χ2n) is 9.00. The van der Waals surface area contributed by atoms with Crippen molar-refractivity contribution in [2.24, 2.45) is 28.7 Å². The molecule has 0 saturated heterocycles. The minimum atomic E-state index is -2.12. The molecule has 0 bridgehead atoms. The standard InChI is InChI=1S/C22H37NO4/c1-13(2)8-10-16-20(25)19(17(23-7)12-15(5)6)21(26)22(16,27)18(24)11-9-14(3)4/h13-16,26-27H,8-12H2,1-7H3/t16-,22+/m0/s1. The number of hydrogen-bond donors (Lipinski definition) is 2. The molecule has 1 aliphatic carbocycles. The van der Waals surface area contributed by atoms with Crippen LogP contribution in [0.5, 0.6) is 0 Å². The second-order valence-corrected chi connectivity index (χ2v) is 9.00. The molecule has 0 aromatic carbocycles. The summed E-state index contributed by atoms with van der Waals surface area (Å²) in [5, 5.41) is 22.2. The van der Waals surface area contributed by atoms with E-state index in [0.717, 1.165) is 0 Å². The number of nitrogens with zero attached hydrogens (tertiary/aromatic N) is 1. The molecule has 0 spiro atoms. The number of ketones is 2. The van der Waals surface area contributed by atoms with E-state index in [0.29, 0.717) is 43.2 Å². The number of allylic oxidation sites excluding steroid dienone is 1. The zero-order chi connectivity index (χ0) is 20.9. The van der Waals surface area contributed by atoms with Gasteiger partial charge in [0, 0.05) is 19.2 Å². The fourth-order valence-electron chi connectivity index (χ4n) is 3.58. The van der Waals surface area contributed by atoms with E-state index in [1.54, 1.807) is 7.05 Å². The van der Waals surface area contributed by atoms with Gasteiger partial charge in [-0.05, 0) is 37.0 Å². The first-order valence-electron chi connectivity index (χ1n) is 10.2. The molecule has 0 heterocycles. The first-order chi connectivity index (χ1) is 12.5. The average molecular weight is 380 g/mol. The lowest BCUT2D eigenvalue weighted by atomic mass is 9.79. The molecule has 2 N–H and O–H groups in total. The molecule has 0 saturated carbocycles. The number of carbonyl (C=O) groups is 2. The minimum absolute atomic E-state index is 0.0559. The number of aliphatic hydroxyl groups excluding tert-OH is 1. The molecule has 5 nitrogen and oxygen atoms in total. The van der Waals surface area contributed by atoms with Crippen LogP contribution in [0.3, 0.4) is 0 Å². The molecule has 0 fully saturated rings. The lowest BCUT2D eigenvalue weighted by Crippen LogP contribution is -2.47. The highest BCUT2D eigenvalue weighted by molar-refractivity contribution is 6.27. The van der Waals surface area contributed by atoms with E-state index in [1.807, 2.05) is 41.5 Å². The van der Waals surface area contributed by atoms with Crippen LogP contribution in [0.15, 0.2) is 16.3 Å². The third-order valence-electron chi connectivity index (χ3n) is 5.23. The van der Waals surface area contributed by atoms with Gasteiger partial charge in [-0.15, -0.1) is 0 Å². The van der Waals surface area contributed by atoms with Gasteiger partial charge in [0.2, 0.25) is 0 Å². The van der Waals surface area contributed by atoms with Crippen molar-refractivity contribution in [3.63, 3.8) is 0 Å². The predicted octanol–water partition coefficient (Wildman–Crippen LogP) is 4.29. The van der Waals surface area contributed by atoms with Crippen molar-refractivity contribution < 1.29 is 19.8 Å². The summed E-state index contributed by atoms with van der Waals surface area (Å²) in [5.74, 6) is -1.39. The van der Waals surface area contributed by atoms with Gasteiger partial charge in [-0.3, -0.25) is 14.6 Å². The molecule has 5 heteroatoms. The van der Waals surface area contributed by atoms with Gasteiger partial charge in [0.15, 0.2) is 17.2 Å². The Morgan fingerprint density at radius 1 is 1.07 bits per heavy atom. The van der Waals surface area contributed by atoms with Crippen LogP contribution in [-0.4, -0.2) is 40.1 Å². The zero-order valence-electron chi connectivity index (χ0n) is 18.0. The maximum absolute atomic E-state index is 13.2. The number of Topliss-reactive ketones (excluding diaryl/α,β-unsaturated/α-hetero) is 2. The van der Waals surface area contributed by atoms with Crippen molar-refractivity contribution in [3.05, 3.63) is 11.3 Å². The molecule has 154 valence electrons. The molecular formula is C22H37NO4. The molecule has 1 rings (SSSR count). The van der Waals surface area contributed by atoms with E-state index in [2.05, 4.69) is 4.99 Å². The van der Waals surface area contributed by atoms with Crippen LogP contribution in [0.2, 0.25) is 0 Å². The van der Waals surface area contributed by atoms with Crippen molar-refractivity contribution in [2.45, 2.75) is 79.2 Å². The predicted molar refractivity (Wildman–Crippen MR) is 109 cm³/mol. The Balaban J connectivity index is 3.36. The molecule has 0 amide bonds. The molecule has 0 aliphatic heterocycles. The van der Waals surface area contributed by atoms with E-state index >= 15 is 0 Å². The van der Waals surface area contributed by atoms with Crippen LogP contribution >= 0.6 is 0 Å². The second kappa shape index (κ2) is 9.63. The number of rotatable bonds is 10. The molecule has 1 aliphatic rings. The van der Waals surface area contributed by atoms with E-state index in [-0.39, 0.29) is 23.7 Å². The Labute approximate surface area is 164 Å². The van der Waals surface area contributed by atoms with Gasteiger partial charge >= 0.3 is 0 Å². The SMILES string of the molecule is CN=C(CC(C)C)C1=C(O)[C@](O)(C(=O)CCC(C)C)[C@@H](CCC(C)C)C1=O. The summed E-state index contributed by atoms with van der Waals surface area (Å²) in [6.45, 7) is 12.1. The van der Waals surface area contributed by atoms with Crippen molar-refractivity contribution in [1.29, 1.82) is 0 Å². The van der Waals surface area contributed by atoms with E-state index < -0.39 is 23.1 Å². The highest BCUT2D eigenvalue weighted by atomic mass is 16.3. The van der Waals surface area contributed by atoms with Crippen LogP contribution in [0, 0.1) is 23.7 Å². The van der Waals surface area contributed by atoms with Crippen molar-refractivity contribution >= 4 is 17.3 Å². The highest BCUT2D eigenvalue weighted by Gasteiger charge is 2.58.